The molecular formula is C22H23N9O. The molecule has 0 saturated heterocycles. The standard InChI is InChI=1S/C22H23N9O/c1-14-26-27-15(2)31(14)28-12-23-21-25-20(16-8-10-17(32-3)11-9-16)30-19-7-5-4-6-18(19)24-22(30)29(21)13-28/h4-11,20H,12-13H2,1-3H3,(H,23,25). The van der Waals surface area contributed by atoms with Crippen molar-refractivity contribution < 1.29 is 4.74 Å². The van der Waals surface area contributed by atoms with Crippen molar-refractivity contribution in [3.05, 3.63) is 65.7 Å². The lowest BCUT2D eigenvalue weighted by Crippen LogP contribution is -2.59. The van der Waals surface area contributed by atoms with E-state index in [2.05, 4.69) is 48.2 Å². The average molecular weight is 429 g/mol. The van der Waals surface area contributed by atoms with Gasteiger partial charge < -0.3 is 10.1 Å². The summed E-state index contributed by atoms with van der Waals surface area (Å²) in [5, 5.41) is 14.1. The number of methoxy groups -OCH3 is 1. The molecule has 162 valence electrons. The molecule has 4 aromatic rings. The number of nitrogens with zero attached hydrogens (tertiary/aromatic N) is 8. The third-order valence-corrected chi connectivity index (χ3v) is 5.95. The van der Waals surface area contributed by atoms with Crippen LogP contribution in [0.3, 0.4) is 0 Å². The highest BCUT2D eigenvalue weighted by Crippen LogP contribution is 2.34. The fourth-order valence-electron chi connectivity index (χ4n) is 4.47. The summed E-state index contributed by atoms with van der Waals surface area (Å²) in [6.07, 6.45) is -0.136. The predicted molar refractivity (Wildman–Crippen MR) is 121 cm³/mol. The largest absolute Gasteiger partial charge is 0.497 e. The first-order valence-electron chi connectivity index (χ1n) is 10.5. The van der Waals surface area contributed by atoms with Gasteiger partial charge in [-0.1, -0.05) is 24.3 Å². The highest BCUT2D eigenvalue weighted by atomic mass is 16.5. The number of aromatic nitrogens is 5. The van der Waals surface area contributed by atoms with Gasteiger partial charge in [-0.05, 0) is 43.7 Å². The van der Waals surface area contributed by atoms with Crippen LogP contribution in [-0.2, 0) is 0 Å². The van der Waals surface area contributed by atoms with Crippen molar-refractivity contribution in [3.63, 3.8) is 0 Å². The van der Waals surface area contributed by atoms with Crippen molar-refractivity contribution in [2.75, 3.05) is 30.4 Å². The first-order valence-corrected chi connectivity index (χ1v) is 10.5. The van der Waals surface area contributed by atoms with Gasteiger partial charge in [0.05, 0.1) is 18.1 Å². The molecule has 2 aromatic carbocycles. The Morgan fingerprint density at radius 3 is 2.50 bits per heavy atom. The highest BCUT2D eigenvalue weighted by Gasteiger charge is 2.36. The van der Waals surface area contributed by atoms with E-state index >= 15 is 0 Å². The zero-order chi connectivity index (χ0) is 21.8. The van der Waals surface area contributed by atoms with E-state index in [-0.39, 0.29) is 6.17 Å². The second-order valence-electron chi connectivity index (χ2n) is 7.90. The molecule has 0 saturated carbocycles. The number of benzene rings is 2. The van der Waals surface area contributed by atoms with Crippen molar-refractivity contribution >= 4 is 22.9 Å². The summed E-state index contributed by atoms with van der Waals surface area (Å²) < 4.78 is 9.57. The summed E-state index contributed by atoms with van der Waals surface area (Å²) in [6, 6.07) is 16.3. The molecule has 0 bridgehead atoms. The van der Waals surface area contributed by atoms with Crippen molar-refractivity contribution in [3.8, 4) is 5.75 Å². The summed E-state index contributed by atoms with van der Waals surface area (Å²) in [5.41, 5.74) is 3.10. The molecule has 0 fully saturated rings. The molecule has 0 amide bonds. The van der Waals surface area contributed by atoms with Crippen molar-refractivity contribution in [1.29, 1.82) is 0 Å². The van der Waals surface area contributed by atoms with E-state index in [4.69, 9.17) is 14.7 Å². The van der Waals surface area contributed by atoms with Crippen LogP contribution >= 0.6 is 0 Å². The summed E-state index contributed by atoms with van der Waals surface area (Å²) in [4.78, 5) is 11.9. The average Bonchev–Trinajstić information content (AvgIpc) is 3.38. The number of guanidine groups is 1. The molecule has 2 aromatic heterocycles. The minimum atomic E-state index is -0.136. The topological polar surface area (TPSA) is 88.6 Å². The molecule has 1 unspecified atom stereocenters. The second kappa shape index (κ2) is 6.98. The summed E-state index contributed by atoms with van der Waals surface area (Å²) in [7, 11) is 1.68. The lowest BCUT2D eigenvalue weighted by atomic mass is 10.1. The van der Waals surface area contributed by atoms with E-state index in [0.717, 1.165) is 45.9 Å². The van der Waals surface area contributed by atoms with E-state index < -0.39 is 0 Å². The lowest BCUT2D eigenvalue weighted by Gasteiger charge is -2.42. The molecule has 0 radical (unpaired) electrons. The molecule has 10 nitrogen and oxygen atoms in total. The van der Waals surface area contributed by atoms with Gasteiger partial charge in [-0.3, -0.25) is 14.5 Å². The quantitative estimate of drug-likeness (QED) is 0.534. The fraction of sp³-hybridized carbons (Fsp3) is 0.273. The van der Waals surface area contributed by atoms with Crippen molar-refractivity contribution in [1.82, 2.24) is 29.7 Å². The smallest absolute Gasteiger partial charge is 0.217 e. The Hall–Kier alpha value is -4.08. The van der Waals surface area contributed by atoms with Gasteiger partial charge in [0, 0.05) is 0 Å². The molecule has 2 aliphatic rings. The molecule has 10 heteroatoms. The number of para-hydroxylation sites is 2. The molecular weight excluding hydrogens is 406 g/mol. The van der Waals surface area contributed by atoms with Gasteiger partial charge in [0.1, 0.15) is 36.9 Å². The number of hydrogen-bond acceptors (Lipinski definition) is 8. The van der Waals surface area contributed by atoms with Crippen LogP contribution in [0.2, 0.25) is 0 Å². The SMILES string of the molecule is COc1ccc(C2NC3=NCN(n4c(C)nnc4C)CN3c3nc4ccccc4n32)cc1. The molecule has 4 heterocycles. The zero-order valence-corrected chi connectivity index (χ0v) is 18.1. The Balaban J connectivity index is 1.48. The van der Waals surface area contributed by atoms with Crippen LogP contribution in [0.5, 0.6) is 5.75 Å². The first kappa shape index (κ1) is 18.7. The van der Waals surface area contributed by atoms with Gasteiger partial charge in [-0.25, -0.2) is 14.7 Å². The first-order chi connectivity index (χ1) is 15.6. The monoisotopic (exact) mass is 429 g/mol. The maximum Gasteiger partial charge on any atom is 0.217 e. The molecule has 1 N–H and O–H groups in total. The molecule has 32 heavy (non-hydrogen) atoms. The maximum atomic E-state index is 5.34. The summed E-state index contributed by atoms with van der Waals surface area (Å²) in [5.74, 6) is 4.13. The van der Waals surface area contributed by atoms with Crippen molar-refractivity contribution in [2.24, 2.45) is 4.99 Å². The van der Waals surface area contributed by atoms with Crippen LogP contribution in [-0.4, -0.2) is 50.8 Å². The Labute approximate surface area is 184 Å². The van der Waals surface area contributed by atoms with Crippen LogP contribution in [0.1, 0.15) is 23.4 Å². The number of rotatable bonds is 3. The van der Waals surface area contributed by atoms with Crippen LogP contribution < -0.4 is 20.0 Å². The molecule has 1 atom stereocenters. The van der Waals surface area contributed by atoms with Gasteiger partial charge in [0.25, 0.3) is 0 Å². The lowest BCUT2D eigenvalue weighted by molar-refractivity contribution is 0.414. The van der Waals surface area contributed by atoms with Gasteiger partial charge in [-0.2, -0.15) is 0 Å². The van der Waals surface area contributed by atoms with Gasteiger partial charge in [-0.15, -0.1) is 10.2 Å². The number of ether oxygens (including phenoxy) is 1. The number of aliphatic imine (C=N–C) groups is 1. The van der Waals surface area contributed by atoms with Crippen molar-refractivity contribution in [2.45, 2.75) is 20.0 Å². The molecule has 0 aliphatic carbocycles. The highest BCUT2D eigenvalue weighted by molar-refractivity contribution is 5.99. The summed E-state index contributed by atoms with van der Waals surface area (Å²) in [6.45, 7) is 4.96. The van der Waals surface area contributed by atoms with E-state index in [1.54, 1.807) is 7.11 Å². The van der Waals surface area contributed by atoms with Crippen LogP contribution in [0.4, 0.5) is 5.95 Å². The predicted octanol–water partition coefficient (Wildman–Crippen LogP) is 2.13. The normalized spacial score (nSPS) is 17.6. The minimum absolute atomic E-state index is 0.136. The zero-order valence-electron chi connectivity index (χ0n) is 18.1. The second-order valence-corrected chi connectivity index (χ2v) is 7.90. The third-order valence-electron chi connectivity index (χ3n) is 5.95. The number of anilines is 1. The number of fused-ring (bicyclic) bond motifs is 5. The van der Waals surface area contributed by atoms with Gasteiger partial charge in [0.2, 0.25) is 11.9 Å². The molecule has 2 aliphatic heterocycles. The summed E-state index contributed by atoms with van der Waals surface area (Å²) >= 11 is 0. The maximum absolute atomic E-state index is 5.34. The fourth-order valence-corrected chi connectivity index (χ4v) is 4.47. The van der Waals surface area contributed by atoms with E-state index in [0.29, 0.717) is 13.3 Å². The Kier molecular flexibility index (Phi) is 4.07. The van der Waals surface area contributed by atoms with Gasteiger partial charge in [0.15, 0.2) is 0 Å². The Morgan fingerprint density at radius 2 is 1.75 bits per heavy atom. The van der Waals surface area contributed by atoms with Crippen LogP contribution in [0.25, 0.3) is 11.0 Å². The number of hydrogen-bond donors (Lipinski definition) is 1. The van der Waals surface area contributed by atoms with Gasteiger partial charge >= 0.3 is 0 Å². The molecule has 0 spiro atoms. The number of nitrogens with one attached hydrogen (secondary N) is 1. The number of imidazole rings is 1. The van der Waals surface area contributed by atoms with E-state index in [1.807, 2.05) is 48.9 Å². The third kappa shape index (κ3) is 2.72. The van der Waals surface area contributed by atoms with Crippen LogP contribution in [0.15, 0.2) is 53.5 Å². The Bertz CT molecular complexity index is 1320. The van der Waals surface area contributed by atoms with E-state index in [1.165, 1.54) is 0 Å². The van der Waals surface area contributed by atoms with Crippen LogP contribution in [0, 0.1) is 13.8 Å². The minimum Gasteiger partial charge on any atom is -0.497 e. The number of aryl methyl sites for hydroxylation is 2. The Morgan fingerprint density at radius 1 is 1.00 bits per heavy atom. The molecule has 6 rings (SSSR count). The van der Waals surface area contributed by atoms with E-state index in [9.17, 15) is 0 Å².